The van der Waals surface area contributed by atoms with Crippen molar-refractivity contribution in [1.29, 1.82) is 0 Å². The minimum absolute atomic E-state index is 0.164. The zero-order valence-electron chi connectivity index (χ0n) is 13.3. The molecule has 5 nitrogen and oxygen atoms in total. The van der Waals surface area contributed by atoms with E-state index in [0.29, 0.717) is 18.0 Å². The molecule has 1 N–H and O–H groups in total. The third-order valence-electron chi connectivity index (χ3n) is 4.26. The fourth-order valence-electron chi connectivity index (χ4n) is 3.03. The van der Waals surface area contributed by atoms with Gasteiger partial charge in [-0.1, -0.05) is 13.8 Å². The molecule has 2 rings (SSSR count). The van der Waals surface area contributed by atoms with Crippen LogP contribution in [0.2, 0.25) is 0 Å². The molecule has 0 amide bonds. The van der Waals surface area contributed by atoms with E-state index in [9.17, 15) is 8.42 Å². The summed E-state index contributed by atoms with van der Waals surface area (Å²) in [6.45, 7) is 9.17. The van der Waals surface area contributed by atoms with Gasteiger partial charge in [0, 0.05) is 37.6 Å². The molecule has 0 aromatic carbocycles. The minimum Gasteiger partial charge on any atom is -0.349 e. The van der Waals surface area contributed by atoms with E-state index in [-0.39, 0.29) is 6.04 Å². The molecular formula is C15H27N3O2S. The van der Waals surface area contributed by atoms with Crippen molar-refractivity contribution >= 4 is 10.0 Å². The van der Waals surface area contributed by atoms with Gasteiger partial charge in [-0.15, -0.1) is 0 Å². The van der Waals surface area contributed by atoms with Crippen LogP contribution < -0.4 is 5.32 Å². The Morgan fingerprint density at radius 1 is 1.33 bits per heavy atom. The summed E-state index contributed by atoms with van der Waals surface area (Å²) in [5, 5.41) is 3.26. The van der Waals surface area contributed by atoms with Gasteiger partial charge in [0.1, 0.15) is 4.90 Å². The SMILES string of the molecule is CCNCc1cc(S(=O)(=O)N2CCCC2CC)cn1CC. The molecule has 0 radical (unpaired) electrons. The van der Waals surface area contributed by atoms with Crippen LogP contribution in [-0.2, 0) is 23.1 Å². The van der Waals surface area contributed by atoms with E-state index in [0.717, 1.165) is 38.0 Å². The Kier molecular flexibility index (Phi) is 5.46. The van der Waals surface area contributed by atoms with E-state index in [1.165, 1.54) is 0 Å². The second-order valence-corrected chi connectivity index (χ2v) is 7.44. The maximum Gasteiger partial charge on any atom is 0.244 e. The molecule has 0 bridgehead atoms. The molecule has 0 aliphatic carbocycles. The molecule has 1 unspecified atom stereocenters. The van der Waals surface area contributed by atoms with Crippen molar-refractivity contribution in [3.05, 3.63) is 18.0 Å². The van der Waals surface area contributed by atoms with Crippen LogP contribution in [0.4, 0.5) is 0 Å². The highest BCUT2D eigenvalue weighted by Crippen LogP contribution is 2.28. The molecule has 1 fully saturated rings. The lowest BCUT2D eigenvalue weighted by atomic mass is 10.2. The summed E-state index contributed by atoms with van der Waals surface area (Å²) in [5.41, 5.74) is 1.03. The summed E-state index contributed by atoms with van der Waals surface area (Å²) in [4.78, 5) is 0.442. The predicted molar refractivity (Wildman–Crippen MR) is 84.7 cm³/mol. The summed E-state index contributed by atoms with van der Waals surface area (Å²) in [5.74, 6) is 0. The molecule has 0 saturated carbocycles. The molecule has 2 heterocycles. The molecule has 1 aromatic rings. The van der Waals surface area contributed by atoms with Gasteiger partial charge in [-0.2, -0.15) is 4.31 Å². The molecule has 0 spiro atoms. The van der Waals surface area contributed by atoms with Crippen molar-refractivity contribution in [3.63, 3.8) is 0 Å². The minimum atomic E-state index is -3.35. The van der Waals surface area contributed by atoms with Crippen molar-refractivity contribution in [3.8, 4) is 0 Å². The first kappa shape index (κ1) is 16.5. The van der Waals surface area contributed by atoms with Crippen molar-refractivity contribution in [2.45, 2.75) is 64.1 Å². The van der Waals surface area contributed by atoms with Crippen LogP contribution in [0.25, 0.3) is 0 Å². The lowest BCUT2D eigenvalue weighted by molar-refractivity contribution is 0.379. The summed E-state index contributed by atoms with van der Waals surface area (Å²) in [7, 11) is -3.35. The topological polar surface area (TPSA) is 54.3 Å². The third kappa shape index (κ3) is 3.33. The van der Waals surface area contributed by atoms with Gasteiger partial charge in [0.05, 0.1) is 0 Å². The number of aryl methyl sites for hydroxylation is 1. The van der Waals surface area contributed by atoms with Crippen molar-refractivity contribution in [1.82, 2.24) is 14.2 Å². The van der Waals surface area contributed by atoms with Crippen molar-refractivity contribution in [2.75, 3.05) is 13.1 Å². The molecule has 21 heavy (non-hydrogen) atoms. The number of aromatic nitrogens is 1. The standard InChI is InChI=1S/C15H27N3O2S/c1-4-13-8-7-9-18(13)21(19,20)15-10-14(11-16-5-2)17(6-3)12-15/h10,12-13,16H,4-9,11H2,1-3H3. The molecule has 6 heteroatoms. The van der Waals surface area contributed by atoms with Gasteiger partial charge in [-0.3, -0.25) is 0 Å². The second-order valence-electron chi connectivity index (χ2n) is 5.55. The van der Waals surface area contributed by atoms with Gasteiger partial charge in [-0.25, -0.2) is 8.42 Å². The van der Waals surface area contributed by atoms with Gasteiger partial charge < -0.3 is 9.88 Å². The lowest BCUT2D eigenvalue weighted by Gasteiger charge is -2.22. The van der Waals surface area contributed by atoms with Crippen LogP contribution in [0.15, 0.2) is 17.2 Å². The van der Waals surface area contributed by atoms with E-state index >= 15 is 0 Å². The number of hydrogen-bond donors (Lipinski definition) is 1. The van der Waals surface area contributed by atoms with Crippen LogP contribution >= 0.6 is 0 Å². The highest BCUT2D eigenvalue weighted by atomic mass is 32.2. The molecule has 1 aromatic heterocycles. The summed E-state index contributed by atoms with van der Waals surface area (Å²) in [6, 6.07) is 1.99. The zero-order chi connectivity index (χ0) is 15.5. The molecule has 1 atom stereocenters. The third-order valence-corrected chi connectivity index (χ3v) is 6.18. The number of sulfonamides is 1. The Labute approximate surface area is 128 Å². The Morgan fingerprint density at radius 2 is 2.10 bits per heavy atom. The number of hydrogen-bond acceptors (Lipinski definition) is 3. The van der Waals surface area contributed by atoms with Gasteiger partial charge >= 0.3 is 0 Å². The van der Waals surface area contributed by atoms with Crippen LogP contribution in [0.5, 0.6) is 0 Å². The Balaban J connectivity index is 2.29. The summed E-state index contributed by atoms with van der Waals surface area (Å²) < 4.78 is 29.4. The number of nitrogens with one attached hydrogen (secondary N) is 1. The normalized spacial score (nSPS) is 20.2. The molecule has 1 aliphatic rings. The fourth-order valence-corrected chi connectivity index (χ4v) is 4.86. The van der Waals surface area contributed by atoms with Crippen LogP contribution in [0, 0.1) is 0 Å². The zero-order valence-corrected chi connectivity index (χ0v) is 14.1. The Hall–Kier alpha value is -0.850. The number of nitrogens with zero attached hydrogens (tertiary/aromatic N) is 2. The van der Waals surface area contributed by atoms with E-state index in [4.69, 9.17) is 0 Å². The van der Waals surface area contributed by atoms with Gasteiger partial charge in [0.15, 0.2) is 0 Å². The maximum absolute atomic E-state index is 12.9. The second kappa shape index (κ2) is 6.94. The van der Waals surface area contributed by atoms with Crippen molar-refractivity contribution < 1.29 is 8.42 Å². The van der Waals surface area contributed by atoms with E-state index in [1.807, 2.05) is 24.5 Å². The predicted octanol–water partition coefficient (Wildman–Crippen LogP) is 2.18. The summed E-state index contributed by atoms with van der Waals surface area (Å²) >= 11 is 0. The lowest BCUT2D eigenvalue weighted by Crippen LogP contribution is -2.34. The van der Waals surface area contributed by atoms with Crippen LogP contribution in [0.3, 0.4) is 0 Å². The highest BCUT2D eigenvalue weighted by Gasteiger charge is 2.34. The summed E-state index contributed by atoms with van der Waals surface area (Å²) in [6.07, 6.45) is 4.62. The van der Waals surface area contributed by atoms with E-state index < -0.39 is 10.0 Å². The van der Waals surface area contributed by atoms with E-state index in [2.05, 4.69) is 12.2 Å². The largest absolute Gasteiger partial charge is 0.349 e. The Bertz CT molecular complexity index is 565. The van der Waals surface area contributed by atoms with Gasteiger partial charge in [0.25, 0.3) is 0 Å². The highest BCUT2D eigenvalue weighted by molar-refractivity contribution is 7.89. The maximum atomic E-state index is 12.9. The van der Waals surface area contributed by atoms with Gasteiger partial charge in [0.2, 0.25) is 10.0 Å². The molecule has 1 saturated heterocycles. The van der Waals surface area contributed by atoms with Crippen molar-refractivity contribution in [2.24, 2.45) is 0 Å². The molecule has 1 aliphatic heterocycles. The first-order valence-electron chi connectivity index (χ1n) is 7.96. The van der Waals surface area contributed by atoms with Crippen LogP contribution in [0.1, 0.15) is 45.7 Å². The van der Waals surface area contributed by atoms with E-state index in [1.54, 1.807) is 10.5 Å². The Morgan fingerprint density at radius 3 is 2.71 bits per heavy atom. The molecular weight excluding hydrogens is 286 g/mol. The van der Waals surface area contributed by atoms with Gasteiger partial charge in [-0.05, 0) is 38.8 Å². The average Bonchev–Trinajstić information content (AvgIpc) is 3.11. The monoisotopic (exact) mass is 313 g/mol. The quantitative estimate of drug-likeness (QED) is 0.839. The fraction of sp³-hybridized carbons (Fsp3) is 0.733. The average molecular weight is 313 g/mol. The van der Waals surface area contributed by atoms with Crippen LogP contribution in [-0.4, -0.2) is 36.4 Å². The molecule has 120 valence electrons. The smallest absolute Gasteiger partial charge is 0.244 e. The number of rotatable bonds is 7. The first-order chi connectivity index (χ1) is 10.0. The first-order valence-corrected chi connectivity index (χ1v) is 9.40.